The summed E-state index contributed by atoms with van der Waals surface area (Å²) in [7, 11) is 0. The minimum Gasteiger partial charge on any atom is -0.508 e. The number of likely N-dealkylation sites (tertiary alicyclic amines) is 2. The number of aliphatic hydroxyl groups is 1. The molecule has 2 aliphatic rings. The first-order chi connectivity index (χ1) is 14.4. The molecule has 3 N–H and O–H groups in total. The Morgan fingerprint density at radius 2 is 1.97 bits per heavy atom. The van der Waals surface area contributed by atoms with Crippen molar-refractivity contribution >= 4 is 17.7 Å². The van der Waals surface area contributed by atoms with Gasteiger partial charge < -0.3 is 25.3 Å². The normalized spacial score (nSPS) is 25.1. The van der Waals surface area contributed by atoms with Crippen LogP contribution in [0.4, 0.5) is 8.78 Å². The van der Waals surface area contributed by atoms with Crippen molar-refractivity contribution in [3.05, 3.63) is 28.8 Å². The molecular formula is C21H27F2N3O5. The number of aliphatic hydroxyl groups excluding tert-OH is 1. The summed E-state index contributed by atoms with van der Waals surface area (Å²) in [6.45, 7) is 4.91. The van der Waals surface area contributed by atoms with E-state index >= 15 is 0 Å². The lowest BCUT2D eigenvalue weighted by molar-refractivity contribution is -0.190. The molecule has 1 aromatic carbocycles. The minimum absolute atomic E-state index is 0.0690. The van der Waals surface area contributed by atoms with Crippen LogP contribution in [0.3, 0.4) is 0 Å². The van der Waals surface area contributed by atoms with Crippen molar-refractivity contribution in [2.45, 2.75) is 57.7 Å². The van der Waals surface area contributed by atoms with Crippen LogP contribution in [0.25, 0.3) is 0 Å². The van der Waals surface area contributed by atoms with Gasteiger partial charge in [-0.25, -0.2) is 8.78 Å². The first kappa shape index (κ1) is 22.9. The third kappa shape index (κ3) is 3.42. The molecule has 2 heterocycles. The van der Waals surface area contributed by atoms with Crippen LogP contribution in [-0.4, -0.2) is 81.0 Å². The van der Waals surface area contributed by atoms with Crippen molar-refractivity contribution in [3.63, 3.8) is 0 Å². The summed E-state index contributed by atoms with van der Waals surface area (Å²) >= 11 is 0. The van der Waals surface area contributed by atoms with E-state index in [-0.39, 0.29) is 17.9 Å². The van der Waals surface area contributed by atoms with Crippen LogP contribution in [0, 0.1) is 13.8 Å². The largest absolute Gasteiger partial charge is 0.508 e. The predicted molar refractivity (Wildman–Crippen MR) is 107 cm³/mol. The molecule has 3 atom stereocenters. The Bertz CT molecular complexity index is 938. The maximum absolute atomic E-state index is 14.7. The number of halogens is 2. The van der Waals surface area contributed by atoms with Gasteiger partial charge in [0.25, 0.3) is 17.7 Å². The van der Waals surface area contributed by atoms with Gasteiger partial charge >= 0.3 is 0 Å². The lowest BCUT2D eigenvalue weighted by atomic mass is 9.78. The smallest absolute Gasteiger partial charge is 0.290 e. The molecule has 2 fully saturated rings. The van der Waals surface area contributed by atoms with Gasteiger partial charge in [-0.05, 0) is 44.9 Å². The van der Waals surface area contributed by atoms with Gasteiger partial charge in [0, 0.05) is 17.7 Å². The van der Waals surface area contributed by atoms with E-state index in [1.807, 2.05) is 0 Å². The predicted octanol–water partition coefficient (Wildman–Crippen LogP) is 0.957. The fraction of sp³-hybridized carbons (Fsp3) is 0.571. The van der Waals surface area contributed by atoms with E-state index in [1.54, 1.807) is 26.8 Å². The van der Waals surface area contributed by atoms with Crippen molar-refractivity contribution < 1.29 is 33.4 Å². The van der Waals surface area contributed by atoms with Gasteiger partial charge in [-0.1, -0.05) is 6.92 Å². The number of β-lactam (4-membered cyclic amide) rings is 1. The number of nitrogens with one attached hydrogen (secondary N) is 1. The van der Waals surface area contributed by atoms with Crippen LogP contribution in [0.5, 0.6) is 5.75 Å². The summed E-state index contributed by atoms with van der Waals surface area (Å²) in [6.07, 6.45) is -1.30. The van der Waals surface area contributed by atoms with Crippen molar-refractivity contribution in [2.24, 2.45) is 0 Å². The number of hydrogen-bond acceptors (Lipinski definition) is 5. The molecule has 3 rings (SSSR count). The van der Waals surface area contributed by atoms with Crippen molar-refractivity contribution in [1.82, 2.24) is 15.1 Å². The lowest BCUT2D eigenvalue weighted by Crippen LogP contribution is -2.78. The highest BCUT2D eigenvalue weighted by atomic mass is 19.3. The van der Waals surface area contributed by atoms with Crippen molar-refractivity contribution in [1.29, 1.82) is 0 Å². The van der Waals surface area contributed by atoms with Crippen LogP contribution in [0.2, 0.25) is 0 Å². The van der Waals surface area contributed by atoms with Crippen LogP contribution in [0.15, 0.2) is 12.1 Å². The Morgan fingerprint density at radius 1 is 1.32 bits per heavy atom. The number of benzene rings is 1. The summed E-state index contributed by atoms with van der Waals surface area (Å²) in [5, 5.41) is 22.5. The molecule has 1 aromatic rings. The minimum atomic E-state index is -3.32. The zero-order valence-corrected chi connectivity index (χ0v) is 17.9. The van der Waals surface area contributed by atoms with E-state index in [4.69, 9.17) is 0 Å². The molecule has 1 unspecified atom stereocenters. The first-order valence-electron chi connectivity index (χ1n) is 10.1. The van der Waals surface area contributed by atoms with E-state index in [0.29, 0.717) is 17.5 Å². The standard InChI is InChI=1S/C21H27F2N3O5/c1-5-6-26-19(31)16-20(26,4)21(22,23)10-25(16)18(30)15(28)9-24-17(29)13-7-11(2)8-14(27)12(13)3/h7-8,15-16,27-28H,5-6,9-10H2,1-4H3,(H,24,29)/t15-,16+,20?/m0/s1. The topological polar surface area (TPSA) is 110 Å². The Kier molecular flexibility index (Phi) is 5.72. The lowest BCUT2D eigenvalue weighted by Gasteiger charge is -2.54. The second-order valence-corrected chi connectivity index (χ2v) is 8.39. The summed E-state index contributed by atoms with van der Waals surface area (Å²) in [6, 6.07) is 1.69. The molecule has 170 valence electrons. The van der Waals surface area contributed by atoms with Crippen molar-refractivity contribution in [2.75, 3.05) is 19.6 Å². The molecule has 0 bridgehead atoms. The van der Waals surface area contributed by atoms with E-state index < -0.39 is 54.4 Å². The van der Waals surface area contributed by atoms with Crippen LogP contribution in [0.1, 0.15) is 41.8 Å². The Balaban J connectivity index is 1.70. The third-order valence-corrected chi connectivity index (χ3v) is 6.25. The molecule has 10 heteroatoms. The van der Waals surface area contributed by atoms with E-state index in [2.05, 4.69) is 5.32 Å². The first-order valence-corrected chi connectivity index (χ1v) is 10.1. The van der Waals surface area contributed by atoms with Crippen LogP contribution >= 0.6 is 0 Å². The number of nitrogens with zero attached hydrogens (tertiary/aromatic N) is 2. The number of phenols is 1. The number of fused-ring (bicyclic) bond motifs is 1. The molecule has 2 aliphatic heterocycles. The van der Waals surface area contributed by atoms with E-state index in [1.165, 1.54) is 13.0 Å². The Labute approximate surface area is 178 Å². The molecule has 31 heavy (non-hydrogen) atoms. The fourth-order valence-electron chi connectivity index (χ4n) is 4.41. The molecule has 3 amide bonds. The molecule has 0 spiro atoms. The van der Waals surface area contributed by atoms with Gasteiger partial charge in [0.15, 0.2) is 0 Å². The monoisotopic (exact) mass is 439 g/mol. The zero-order chi connectivity index (χ0) is 23.3. The molecule has 0 radical (unpaired) electrons. The molecule has 2 saturated heterocycles. The number of hydrogen-bond donors (Lipinski definition) is 3. The number of aromatic hydroxyl groups is 1. The summed E-state index contributed by atoms with van der Waals surface area (Å²) in [5.41, 5.74) is -0.671. The molecular weight excluding hydrogens is 412 g/mol. The second-order valence-electron chi connectivity index (χ2n) is 8.39. The number of amides is 3. The van der Waals surface area contributed by atoms with Gasteiger partial charge in [-0.3, -0.25) is 14.4 Å². The Morgan fingerprint density at radius 3 is 2.58 bits per heavy atom. The van der Waals surface area contributed by atoms with Gasteiger partial charge in [0.05, 0.1) is 13.1 Å². The number of carbonyl (C=O) groups is 3. The maximum Gasteiger partial charge on any atom is 0.290 e. The molecule has 0 saturated carbocycles. The number of aryl methyl sites for hydroxylation is 1. The summed E-state index contributed by atoms with van der Waals surface area (Å²) < 4.78 is 29.5. The van der Waals surface area contributed by atoms with Crippen molar-refractivity contribution in [3.8, 4) is 5.75 Å². The number of rotatable bonds is 6. The molecule has 0 aliphatic carbocycles. The van der Waals surface area contributed by atoms with E-state index in [9.17, 15) is 33.4 Å². The van der Waals surface area contributed by atoms with Gasteiger partial charge in [-0.2, -0.15) is 0 Å². The highest BCUT2D eigenvalue weighted by molar-refractivity contribution is 5.99. The number of alkyl halides is 2. The number of carbonyl (C=O) groups excluding carboxylic acids is 3. The van der Waals surface area contributed by atoms with Gasteiger partial charge in [0.2, 0.25) is 5.91 Å². The van der Waals surface area contributed by atoms with Gasteiger partial charge in [0.1, 0.15) is 23.4 Å². The zero-order valence-electron chi connectivity index (χ0n) is 17.9. The van der Waals surface area contributed by atoms with Crippen LogP contribution < -0.4 is 5.32 Å². The number of phenolic OH excluding ortho intramolecular Hbond substituents is 1. The highest BCUT2D eigenvalue weighted by Crippen LogP contribution is 2.52. The summed E-state index contributed by atoms with van der Waals surface area (Å²) in [4.78, 5) is 39.4. The highest BCUT2D eigenvalue weighted by Gasteiger charge is 2.77. The summed E-state index contributed by atoms with van der Waals surface area (Å²) in [5.74, 6) is -5.64. The SMILES string of the molecule is CCCN1C(=O)[C@H]2N(C(=O)[C@@H](O)CNC(=O)c3cc(C)cc(O)c3C)CC(F)(F)C21C. The van der Waals surface area contributed by atoms with Crippen LogP contribution in [-0.2, 0) is 9.59 Å². The fourth-order valence-corrected chi connectivity index (χ4v) is 4.41. The maximum atomic E-state index is 14.7. The Hall–Kier alpha value is -2.75. The molecule has 8 nitrogen and oxygen atoms in total. The van der Waals surface area contributed by atoms with Gasteiger partial charge in [-0.15, -0.1) is 0 Å². The second kappa shape index (κ2) is 7.74. The quantitative estimate of drug-likeness (QED) is 0.572. The average molecular weight is 439 g/mol. The van der Waals surface area contributed by atoms with E-state index in [0.717, 1.165) is 9.80 Å². The average Bonchev–Trinajstić information content (AvgIpc) is 2.89. The molecule has 0 aromatic heterocycles. The third-order valence-electron chi connectivity index (χ3n) is 6.25.